The van der Waals surface area contributed by atoms with Crippen molar-refractivity contribution in [1.29, 1.82) is 0 Å². The molecule has 5 nitrogen and oxygen atoms in total. The van der Waals surface area contributed by atoms with Crippen LogP contribution in [0, 0.1) is 0 Å². The predicted molar refractivity (Wildman–Crippen MR) is 114 cm³/mol. The van der Waals surface area contributed by atoms with Crippen molar-refractivity contribution in [3.8, 4) is 0 Å². The molecule has 0 unspecified atom stereocenters. The normalized spacial score (nSPS) is 18.9. The number of amides is 1. The van der Waals surface area contributed by atoms with Gasteiger partial charge in [0.05, 0.1) is 15.8 Å². The van der Waals surface area contributed by atoms with Gasteiger partial charge < -0.3 is 16.0 Å². The first-order valence-corrected chi connectivity index (χ1v) is 9.72. The third kappa shape index (κ3) is 4.25. The molecule has 1 aliphatic carbocycles. The molecule has 1 saturated carbocycles. The monoisotopic (exact) mass is 416 g/mol. The van der Waals surface area contributed by atoms with E-state index in [1.165, 1.54) is 19.3 Å². The van der Waals surface area contributed by atoms with E-state index in [9.17, 15) is 4.79 Å². The highest BCUT2D eigenvalue weighted by Crippen LogP contribution is 2.33. The van der Waals surface area contributed by atoms with E-state index >= 15 is 0 Å². The van der Waals surface area contributed by atoms with Crippen molar-refractivity contribution in [3.63, 3.8) is 0 Å². The molecular formula is C18H26Cl2N4OS. The van der Waals surface area contributed by atoms with Crippen LogP contribution in [0.3, 0.4) is 0 Å². The highest BCUT2D eigenvalue weighted by molar-refractivity contribution is 7.22. The Hall–Kier alpha value is -1.08. The molecule has 0 atom stereocenters. The van der Waals surface area contributed by atoms with Gasteiger partial charge in [0.15, 0.2) is 5.13 Å². The number of nitrogens with two attached hydrogens (primary N) is 1. The molecule has 2 fully saturated rings. The standard InChI is InChI=1S/C18H24N4OS.2ClH/c19-18(8-2-1-3-9-18)16(23)20-13-6-7-14-15(12-13)24-17(21-14)22-10-4-5-11-22;;/h6-7,12H,1-5,8-11,19H2,(H,20,23);2*1H. The van der Waals surface area contributed by atoms with Gasteiger partial charge in [-0.25, -0.2) is 4.98 Å². The molecule has 1 aliphatic heterocycles. The van der Waals surface area contributed by atoms with Crippen LogP contribution in [0.2, 0.25) is 0 Å². The van der Waals surface area contributed by atoms with Crippen LogP contribution in [-0.4, -0.2) is 29.5 Å². The molecule has 0 bridgehead atoms. The SMILES string of the molecule is Cl.Cl.NC1(C(=O)Nc2ccc3nc(N4CCCC4)sc3c2)CCCCC1. The maximum atomic E-state index is 12.6. The van der Waals surface area contributed by atoms with Gasteiger partial charge in [0.2, 0.25) is 5.91 Å². The number of nitrogens with zero attached hydrogens (tertiary/aromatic N) is 2. The van der Waals surface area contributed by atoms with Crippen molar-refractivity contribution in [1.82, 2.24) is 4.98 Å². The first-order valence-electron chi connectivity index (χ1n) is 8.90. The van der Waals surface area contributed by atoms with Crippen LogP contribution in [0.1, 0.15) is 44.9 Å². The molecule has 4 rings (SSSR count). The van der Waals surface area contributed by atoms with Crippen LogP contribution in [-0.2, 0) is 4.79 Å². The fourth-order valence-electron chi connectivity index (χ4n) is 3.70. The number of thiazole rings is 1. The zero-order chi connectivity index (χ0) is 16.6. The van der Waals surface area contributed by atoms with Crippen molar-refractivity contribution in [3.05, 3.63) is 18.2 Å². The molecule has 2 heterocycles. The second kappa shape index (κ2) is 8.74. The van der Waals surface area contributed by atoms with Gasteiger partial charge in [-0.1, -0.05) is 30.6 Å². The number of hydrogen-bond donors (Lipinski definition) is 2. The first-order chi connectivity index (χ1) is 11.6. The van der Waals surface area contributed by atoms with E-state index in [0.717, 1.165) is 59.8 Å². The summed E-state index contributed by atoms with van der Waals surface area (Å²) in [6.45, 7) is 2.19. The second-order valence-electron chi connectivity index (χ2n) is 7.04. The minimum atomic E-state index is -0.707. The van der Waals surface area contributed by atoms with E-state index in [0.29, 0.717) is 0 Å². The number of rotatable bonds is 3. The Labute approximate surface area is 170 Å². The molecule has 2 aromatic rings. The molecule has 26 heavy (non-hydrogen) atoms. The van der Waals surface area contributed by atoms with Gasteiger partial charge in [-0.15, -0.1) is 24.8 Å². The number of fused-ring (bicyclic) bond motifs is 1. The molecule has 1 aromatic carbocycles. The number of anilines is 2. The average Bonchev–Trinajstić information content (AvgIpc) is 3.24. The summed E-state index contributed by atoms with van der Waals surface area (Å²) in [5, 5.41) is 4.12. The van der Waals surface area contributed by atoms with Crippen molar-refractivity contribution < 1.29 is 4.79 Å². The number of carbonyl (C=O) groups is 1. The maximum absolute atomic E-state index is 12.6. The van der Waals surface area contributed by atoms with Crippen LogP contribution in [0.25, 0.3) is 10.2 Å². The molecule has 2 aliphatic rings. The Bertz CT molecular complexity index is 755. The number of aromatic nitrogens is 1. The Morgan fingerprint density at radius 3 is 2.50 bits per heavy atom. The molecule has 144 valence electrons. The van der Waals surface area contributed by atoms with Gasteiger partial charge in [0.1, 0.15) is 0 Å². The summed E-state index contributed by atoms with van der Waals surface area (Å²) in [5.41, 5.74) is 7.43. The number of benzene rings is 1. The Kier molecular flexibility index (Phi) is 7.13. The van der Waals surface area contributed by atoms with Gasteiger partial charge in [0.25, 0.3) is 0 Å². The number of halogens is 2. The Morgan fingerprint density at radius 1 is 1.12 bits per heavy atom. The number of hydrogen-bond acceptors (Lipinski definition) is 5. The van der Waals surface area contributed by atoms with E-state index in [1.54, 1.807) is 11.3 Å². The van der Waals surface area contributed by atoms with E-state index in [4.69, 9.17) is 10.7 Å². The molecule has 1 aromatic heterocycles. The largest absolute Gasteiger partial charge is 0.348 e. The first kappa shape index (κ1) is 21.2. The molecule has 0 spiro atoms. The van der Waals surface area contributed by atoms with Crippen LogP contribution >= 0.6 is 36.2 Å². The zero-order valence-electron chi connectivity index (χ0n) is 14.7. The van der Waals surface area contributed by atoms with Crippen LogP contribution < -0.4 is 16.0 Å². The second-order valence-corrected chi connectivity index (χ2v) is 8.05. The molecular weight excluding hydrogens is 391 g/mol. The van der Waals surface area contributed by atoms with Gasteiger partial charge in [-0.05, 0) is 43.9 Å². The third-order valence-corrected chi connectivity index (χ3v) is 6.29. The Balaban J connectivity index is 0.00000121. The number of nitrogens with one attached hydrogen (secondary N) is 1. The zero-order valence-corrected chi connectivity index (χ0v) is 17.2. The Morgan fingerprint density at radius 2 is 1.81 bits per heavy atom. The molecule has 8 heteroatoms. The fraction of sp³-hybridized carbons (Fsp3) is 0.556. The molecule has 0 radical (unpaired) electrons. The quantitative estimate of drug-likeness (QED) is 0.780. The lowest BCUT2D eigenvalue weighted by atomic mass is 9.82. The lowest BCUT2D eigenvalue weighted by molar-refractivity contribution is -0.122. The molecule has 1 saturated heterocycles. The van der Waals surface area contributed by atoms with Crippen LogP contribution in [0.5, 0.6) is 0 Å². The van der Waals surface area contributed by atoms with E-state index in [-0.39, 0.29) is 30.7 Å². The summed E-state index contributed by atoms with van der Waals surface area (Å²) in [7, 11) is 0. The topological polar surface area (TPSA) is 71.2 Å². The van der Waals surface area contributed by atoms with Gasteiger partial charge in [0, 0.05) is 18.8 Å². The lowest BCUT2D eigenvalue weighted by Gasteiger charge is -2.31. The minimum absolute atomic E-state index is 0. The van der Waals surface area contributed by atoms with Gasteiger partial charge >= 0.3 is 0 Å². The van der Waals surface area contributed by atoms with Crippen molar-refractivity contribution >= 4 is 63.1 Å². The van der Waals surface area contributed by atoms with E-state index in [2.05, 4.69) is 10.2 Å². The van der Waals surface area contributed by atoms with Crippen LogP contribution in [0.4, 0.5) is 10.8 Å². The van der Waals surface area contributed by atoms with Gasteiger partial charge in [-0.3, -0.25) is 4.79 Å². The van der Waals surface area contributed by atoms with Crippen molar-refractivity contribution in [2.45, 2.75) is 50.5 Å². The van der Waals surface area contributed by atoms with Gasteiger partial charge in [-0.2, -0.15) is 0 Å². The van der Waals surface area contributed by atoms with E-state index in [1.807, 2.05) is 18.2 Å². The third-order valence-electron chi connectivity index (χ3n) is 5.21. The molecule has 3 N–H and O–H groups in total. The summed E-state index contributed by atoms with van der Waals surface area (Å²) < 4.78 is 1.12. The summed E-state index contributed by atoms with van der Waals surface area (Å²) in [4.78, 5) is 19.7. The highest BCUT2D eigenvalue weighted by atomic mass is 35.5. The van der Waals surface area contributed by atoms with Crippen molar-refractivity contribution in [2.75, 3.05) is 23.3 Å². The summed E-state index contributed by atoms with van der Waals surface area (Å²) in [5.74, 6) is -0.0502. The molecule has 1 amide bonds. The fourth-order valence-corrected chi connectivity index (χ4v) is 4.76. The number of carbonyl (C=O) groups excluding carboxylic acids is 1. The summed E-state index contributed by atoms with van der Waals surface area (Å²) >= 11 is 1.70. The minimum Gasteiger partial charge on any atom is -0.348 e. The highest BCUT2D eigenvalue weighted by Gasteiger charge is 2.35. The van der Waals surface area contributed by atoms with Crippen molar-refractivity contribution in [2.24, 2.45) is 5.73 Å². The van der Waals surface area contributed by atoms with E-state index < -0.39 is 5.54 Å². The predicted octanol–water partition coefficient (Wildman–Crippen LogP) is 4.34. The summed E-state index contributed by atoms with van der Waals surface area (Å²) in [6.07, 6.45) is 7.30. The smallest absolute Gasteiger partial charge is 0.244 e. The average molecular weight is 417 g/mol. The summed E-state index contributed by atoms with van der Waals surface area (Å²) in [6, 6.07) is 5.95. The van der Waals surface area contributed by atoms with Crippen LogP contribution in [0.15, 0.2) is 18.2 Å². The lowest BCUT2D eigenvalue weighted by Crippen LogP contribution is -2.52. The maximum Gasteiger partial charge on any atom is 0.244 e.